The van der Waals surface area contributed by atoms with Gasteiger partial charge in [-0.1, -0.05) is 38.8 Å². The largest absolute Gasteiger partial charge is 0.481 e. The van der Waals surface area contributed by atoms with Gasteiger partial charge in [-0.05, 0) is 19.8 Å². The van der Waals surface area contributed by atoms with Gasteiger partial charge < -0.3 is 5.11 Å². The average molecular weight is 186 g/mol. The zero-order valence-corrected chi connectivity index (χ0v) is 9.05. The molecule has 1 N–H and O–H groups in total. The molecular weight excluding hydrogens is 164 g/mol. The molecule has 0 saturated carbocycles. The molecule has 13 heavy (non-hydrogen) atoms. The van der Waals surface area contributed by atoms with E-state index >= 15 is 0 Å². The maximum absolute atomic E-state index is 9.60. The van der Waals surface area contributed by atoms with Crippen LogP contribution in [0.2, 0.25) is 0 Å². The topological polar surface area (TPSA) is 37.3 Å². The molecule has 0 atom stereocenters. The van der Waals surface area contributed by atoms with Gasteiger partial charge in [0, 0.05) is 6.42 Å². The van der Waals surface area contributed by atoms with Gasteiger partial charge in [-0.2, -0.15) is 0 Å². The van der Waals surface area contributed by atoms with Gasteiger partial charge in [0.05, 0.1) is 0 Å². The summed E-state index contributed by atoms with van der Waals surface area (Å²) in [7, 11) is 0. The Labute approximate surface area is 81.7 Å². The van der Waals surface area contributed by atoms with Crippen LogP contribution in [0.25, 0.3) is 0 Å². The van der Waals surface area contributed by atoms with Crippen LogP contribution in [-0.4, -0.2) is 11.1 Å². The molecule has 0 aromatic rings. The molecule has 0 aliphatic heterocycles. The monoisotopic (exact) mass is 186 g/mol. The van der Waals surface area contributed by atoms with Crippen LogP contribution < -0.4 is 0 Å². The molecular formula is C11H22O2. The zero-order chi connectivity index (χ0) is 10.5. The number of carboxylic acids is 1. The summed E-state index contributed by atoms with van der Waals surface area (Å²) in [6, 6.07) is 0. The van der Waals surface area contributed by atoms with Crippen molar-refractivity contribution in [1.29, 1.82) is 0 Å². The molecule has 0 heterocycles. The van der Waals surface area contributed by atoms with Gasteiger partial charge in [-0.3, -0.25) is 4.79 Å². The van der Waals surface area contributed by atoms with Crippen molar-refractivity contribution in [2.45, 2.75) is 52.9 Å². The number of rotatable bonds is 5. The predicted octanol–water partition coefficient (Wildman–Crippen LogP) is 3.62. The Bertz CT molecular complexity index is 128. The second-order valence-corrected chi connectivity index (χ2v) is 2.86. The van der Waals surface area contributed by atoms with Crippen LogP contribution in [0.3, 0.4) is 0 Å². The Morgan fingerprint density at radius 1 is 1.31 bits per heavy atom. The van der Waals surface area contributed by atoms with Crippen molar-refractivity contribution in [1.82, 2.24) is 0 Å². The Morgan fingerprint density at radius 2 is 1.92 bits per heavy atom. The summed E-state index contributed by atoms with van der Waals surface area (Å²) in [5.41, 5.74) is 0. The van der Waals surface area contributed by atoms with E-state index in [1.165, 1.54) is 19.3 Å². The van der Waals surface area contributed by atoms with Crippen molar-refractivity contribution in [3.8, 4) is 0 Å². The fourth-order valence-corrected chi connectivity index (χ4v) is 0.703. The van der Waals surface area contributed by atoms with E-state index in [9.17, 15) is 4.79 Å². The molecule has 0 saturated heterocycles. The molecule has 0 rings (SSSR count). The first-order valence-corrected chi connectivity index (χ1v) is 5.01. The van der Waals surface area contributed by atoms with E-state index in [1.807, 2.05) is 6.92 Å². The van der Waals surface area contributed by atoms with Gasteiger partial charge in [0.2, 0.25) is 0 Å². The fourth-order valence-electron chi connectivity index (χ4n) is 0.703. The number of aliphatic carboxylic acids is 1. The lowest BCUT2D eigenvalue weighted by atomic mass is 10.2. The van der Waals surface area contributed by atoms with Crippen LogP contribution in [0.4, 0.5) is 0 Å². The third-order valence-corrected chi connectivity index (χ3v) is 1.42. The molecule has 0 bridgehead atoms. The van der Waals surface area contributed by atoms with Gasteiger partial charge in [0.15, 0.2) is 0 Å². The smallest absolute Gasteiger partial charge is 0.303 e. The predicted molar refractivity (Wildman–Crippen MR) is 56.9 cm³/mol. The van der Waals surface area contributed by atoms with E-state index in [0.29, 0.717) is 6.42 Å². The highest BCUT2D eigenvalue weighted by atomic mass is 16.4. The van der Waals surface area contributed by atoms with Gasteiger partial charge in [-0.25, -0.2) is 0 Å². The summed E-state index contributed by atoms with van der Waals surface area (Å²) < 4.78 is 0. The maximum atomic E-state index is 9.60. The van der Waals surface area contributed by atoms with E-state index < -0.39 is 5.97 Å². The number of carboxylic acid groups (broad SMARTS) is 1. The Balaban J connectivity index is 0. The van der Waals surface area contributed by atoms with Crippen LogP contribution in [0.1, 0.15) is 52.9 Å². The second kappa shape index (κ2) is 13.8. The summed E-state index contributed by atoms with van der Waals surface area (Å²) in [5, 5.41) is 7.91. The molecule has 2 nitrogen and oxygen atoms in total. The minimum absolute atomic E-state index is 0.292. The minimum atomic E-state index is -0.711. The van der Waals surface area contributed by atoms with Crippen molar-refractivity contribution < 1.29 is 9.90 Å². The SMILES string of the molecule is C/C=C/CCCC.CCCC(=O)O. The number of unbranched alkanes of at least 4 members (excludes halogenated alkanes) is 2. The zero-order valence-electron chi connectivity index (χ0n) is 9.05. The number of hydrogen-bond acceptors (Lipinski definition) is 1. The third kappa shape index (κ3) is 24.7. The third-order valence-electron chi connectivity index (χ3n) is 1.42. The Morgan fingerprint density at radius 3 is 2.15 bits per heavy atom. The van der Waals surface area contributed by atoms with Crippen LogP contribution >= 0.6 is 0 Å². The number of allylic oxidation sites excluding steroid dienone is 2. The molecule has 0 unspecified atom stereocenters. The molecule has 0 aliphatic carbocycles. The first-order chi connectivity index (χ1) is 6.18. The molecule has 0 radical (unpaired) electrons. The first-order valence-electron chi connectivity index (χ1n) is 5.01. The Kier molecular flexibility index (Phi) is 15.6. The van der Waals surface area contributed by atoms with E-state index in [-0.39, 0.29) is 0 Å². The quantitative estimate of drug-likeness (QED) is 0.526. The Hall–Kier alpha value is -0.790. The summed E-state index contributed by atoms with van der Waals surface area (Å²) in [6.45, 7) is 6.12. The lowest BCUT2D eigenvalue weighted by molar-refractivity contribution is -0.137. The van der Waals surface area contributed by atoms with Gasteiger partial charge in [0.1, 0.15) is 0 Å². The van der Waals surface area contributed by atoms with Crippen molar-refractivity contribution in [3.63, 3.8) is 0 Å². The normalized spacial score (nSPS) is 9.46. The highest BCUT2D eigenvalue weighted by Gasteiger charge is 1.87. The molecule has 2 heteroatoms. The first kappa shape index (κ1) is 14.7. The molecule has 0 amide bonds. The van der Waals surface area contributed by atoms with E-state index in [1.54, 1.807) is 0 Å². The number of hydrogen-bond donors (Lipinski definition) is 1. The summed E-state index contributed by atoms with van der Waals surface area (Å²) in [4.78, 5) is 9.60. The van der Waals surface area contributed by atoms with Gasteiger partial charge in [0.25, 0.3) is 0 Å². The van der Waals surface area contributed by atoms with Crippen LogP contribution in [0, 0.1) is 0 Å². The van der Waals surface area contributed by atoms with Crippen molar-refractivity contribution in [2.24, 2.45) is 0 Å². The van der Waals surface area contributed by atoms with E-state index in [2.05, 4.69) is 26.0 Å². The van der Waals surface area contributed by atoms with Crippen molar-refractivity contribution in [3.05, 3.63) is 12.2 Å². The maximum Gasteiger partial charge on any atom is 0.303 e. The highest BCUT2D eigenvalue weighted by molar-refractivity contribution is 5.66. The van der Waals surface area contributed by atoms with Gasteiger partial charge in [-0.15, -0.1) is 0 Å². The van der Waals surface area contributed by atoms with Crippen LogP contribution in [0.15, 0.2) is 12.2 Å². The summed E-state index contributed by atoms with van der Waals surface area (Å²) in [6.07, 6.45) is 9.25. The van der Waals surface area contributed by atoms with Crippen LogP contribution in [0.5, 0.6) is 0 Å². The lowest BCUT2D eigenvalue weighted by Gasteiger charge is -1.83. The fraction of sp³-hybridized carbons (Fsp3) is 0.727. The minimum Gasteiger partial charge on any atom is -0.481 e. The van der Waals surface area contributed by atoms with Crippen LogP contribution in [-0.2, 0) is 4.79 Å². The van der Waals surface area contributed by atoms with Gasteiger partial charge >= 0.3 is 5.97 Å². The summed E-state index contributed by atoms with van der Waals surface area (Å²) >= 11 is 0. The lowest BCUT2D eigenvalue weighted by Crippen LogP contribution is -1.90. The molecule has 0 fully saturated rings. The molecule has 0 spiro atoms. The summed E-state index contributed by atoms with van der Waals surface area (Å²) in [5.74, 6) is -0.711. The highest BCUT2D eigenvalue weighted by Crippen LogP contribution is 1.93. The number of carbonyl (C=O) groups is 1. The average Bonchev–Trinajstić information content (AvgIpc) is 2.06. The van der Waals surface area contributed by atoms with E-state index in [0.717, 1.165) is 6.42 Å². The second-order valence-electron chi connectivity index (χ2n) is 2.86. The van der Waals surface area contributed by atoms with Crippen molar-refractivity contribution >= 4 is 5.97 Å². The molecule has 0 aromatic carbocycles. The van der Waals surface area contributed by atoms with Crippen molar-refractivity contribution in [2.75, 3.05) is 0 Å². The molecule has 0 aliphatic rings. The molecule has 0 aromatic heterocycles. The standard InChI is InChI=1S/C7H14.C4H8O2/c1-3-5-7-6-4-2;1-2-3-4(5)6/h3,5H,4,6-7H2,1-2H3;2-3H2,1H3,(H,5,6)/b5-3+;. The van der Waals surface area contributed by atoms with E-state index in [4.69, 9.17) is 5.11 Å². The molecule has 78 valence electrons.